The van der Waals surface area contributed by atoms with Crippen LogP contribution in [0.5, 0.6) is 0 Å². The zero-order valence-corrected chi connectivity index (χ0v) is 15.4. The molecule has 0 unspecified atom stereocenters. The fourth-order valence-electron chi connectivity index (χ4n) is 3.37. The summed E-state index contributed by atoms with van der Waals surface area (Å²) in [6, 6.07) is 5.95. The van der Waals surface area contributed by atoms with Crippen LogP contribution in [0.1, 0.15) is 17.0 Å². The van der Waals surface area contributed by atoms with Crippen LogP contribution in [0.15, 0.2) is 55.6 Å². The smallest absolute Gasteiger partial charge is 0.166 e. The molecule has 5 heterocycles. The van der Waals surface area contributed by atoms with Crippen LogP contribution in [0.3, 0.4) is 0 Å². The van der Waals surface area contributed by atoms with Gasteiger partial charge in [-0.2, -0.15) is 10.2 Å². The number of imidazole rings is 1. The van der Waals surface area contributed by atoms with E-state index in [4.69, 9.17) is 0 Å². The Labute approximate surface area is 160 Å². The topological polar surface area (TPSA) is 91.6 Å². The molecule has 0 bridgehead atoms. The highest BCUT2D eigenvalue weighted by Gasteiger charge is 2.16. The van der Waals surface area contributed by atoms with Gasteiger partial charge >= 0.3 is 0 Å². The molecule has 0 aliphatic rings. The molecule has 0 atom stereocenters. The second-order valence-electron chi connectivity index (χ2n) is 6.54. The van der Waals surface area contributed by atoms with Gasteiger partial charge in [-0.3, -0.25) is 0 Å². The number of rotatable bonds is 4. The van der Waals surface area contributed by atoms with Crippen LogP contribution in [0, 0.1) is 13.8 Å². The van der Waals surface area contributed by atoms with Gasteiger partial charge in [0.05, 0.1) is 18.3 Å². The Morgan fingerprint density at radius 3 is 2.86 bits per heavy atom. The van der Waals surface area contributed by atoms with E-state index in [1.54, 1.807) is 23.4 Å². The van der Waals surface area contributed by atoms with Crippen molar-refractivity contribution in [2.45, 2.75) is 20.4 Å². The van der Waals surface area contributed by atoms with Gasteiger partial charge < -0.3 is 4.57 Å². The van der Waals surface area contributed by atoms with Crippen LogP contribution >= 0.6 is 0 Å². The molecule has 0 aliphatic heterocycles. The summed E-state index contributed by atoms with van der Waals surface area (Å²) in [6.07, 6.45) is 10.4. The summed E-state index contributed by atoms with van der Waals surface area (Å²) in [5, 5.41) is 8.69. The highest BCUT2D eigenvalue weighted by molar-refractivity contribution is 5.72. The molecule has 5 rings (SSSR count). The third-order valence-corrected chi connectivity index (χ3v) is 4.58. The fraction of sp³-hybridized carbons (Fsp3) is 0.158. The maximum absolute atomic E-state index is 4.67. The van der Waals surface area contributed by atoms with Crippen LogP contribution in [-0.4, -0.2) is 43.9 Å². The Hall–Kier alpha value is -3.88. The van der Waals surface area contributed by atoms with Crippen molar-refractivity contribution >= 4 is 5.65 Å². The number of nitrogens with zero attached hydrogens (tertiary/aromatic N) is 9. The van der Waals surface area contributed by atoms with Gasteiger partial charge in [-0.15, -0.1) is 0 Å². The van der Waals surface area contributed by atoms with Gasteiger partial charge in [0, 0.05) is 35.5 Å². The summed E-state index contributed by atoms with van der Waals surface area (Å²) in [6.45, 7) is 4.59. The van der Waals surface area contributed by atoms with E-state index in [1.807, 2.05) is 49.0 Å². The Bertz CT molecular complexity index is 1260. The highest BCUT2D eigenvalue weighted by Crippen LogP contribution is 2.24. The molecule has 0 aliphatic carbocycles. The van der Waals surface area contributed by atoms with E-state index in [-0.39, 0.29) is 0 Å². The van der Waals surface area contributed by atoms with Crippen molar-refractivity contribution in [3.05, 3.63) is 72.6 Å². The molecule has 0 radical (unpaired) electrons. The minimum absolute atomic E-state index is 0.584. The average molecular weight is 371 g/mol. The Kier molecular flexibility index (Phi) is 3.71. The Morgan fingerprint density at radius 1 is 1.07 bits per heavy atom. The van der Waals surface area contributed by atoms with Crippen LogP contribution in [0.2, 0.25) is 0 Å². The van der Waals surface area contributed by atoms with Crippen molar-refractivity contribution in [1.29, 1.82) is 0 Å². The molecule has 0 fully saturated rings. The van der Waals surface area contributed by atoms with Crippen LogP contribution in [0.25, 0.3) is 22.9 Å². The number of aryl methyl sites for hydroxylation is 2. The third kappa shape index (κ3) is 2.64. The van der Waals surface area contributed by atoms with Gasteiger partial charge in [0.2, 0.25) is 0 Å². The summed E-state index contributed by atoms with van der Waals surface area (Å²) in [7, 11) is 0. The second-order valence-corrected chi connectivity index (χ2v) is 6.54. The summed E-state index contributed by atoms with van der Waals surface area (Å²) < 4.78 is 5.57. The lowest BCUT2D eigenvalue weighted by Gasteiger charge is -2.11. The first-order valence-corrected chi connectivity index (χ1v) is 8.83. The average Bonchev–Trinajstić information content (AvgIpc) is 3.42. The van der Waals surface area contributed by atoms with Crippen LogP contribution in [-0.2, 0) is 6.54 Å². The van der Waals surface area contributed by atoms with Gasteiger partial charge in [0.15, 0.2) is 11.5 Å². The van der Waals surface area contributed by atoms with Crippen molar-refractivity contribution in [2.24, 2.45) is 0 Å². The Morgan fingerprint density at radius 2 is 2.00 bits per heavy atom. The quantitative estimate of drug-likeness (QED) is 0.481. The molecular weight excluding hydrogens is 354 g/mol. The minimum atomic E-state index is 0.584. The summed E-state index contributed by atoms with van der Waals surface area (Å²) >= 11 is 0. The summed E-state index contributed by atoms with van der Waals surface area (Å²) in [4.78, 5) is 17.7. The predicted molar refractivity (Wildman–Crippen MR) is 102 cm³/mol. The summed E-state index contributed by atoms with van der Waals surface area (Å²) in [5.74, 6) is 1.55. The molecule has 28 heavy (non-hydrogen) atoms. The first-order chi connectivity index (χ1) is 13.7. The second kappa shape index (κ2) is 6.38. The van der Waals surface area contributed by atoms with Crippen molar-refractivity contribution in [3.63, 3.8) is 0 Å². The maximum Gasteiger partial charge on any atom is 0.166 e. The van der Waals surface area contributed by atoms with Crippen molar-refractivity contribution < 1.29 is 0 Å². The van der Waals surface area contributed by atoms with Gasteiger partial charge in [-0.05, 0) is 26.0 Å². The van der Waals surface area contributed by atoms with Crippen molar-refractivity contribution in [2.75, 3.05) is 0 Å². The first-order valence-electron chi connectivity index (χ1n) is 8.83. The Balaban J connectivity index is 1.59. The molecule has 0 spiro atoms. The number of hydrogen-bond donors (Lipinski definition) is 0. The standard InChI is InChI=1S/C19H17N9/c1-13-8-14(2)28-19(25-13)16(9-23-28)18-22-6-7-26(18)10-15-4-3-5-21-17(15)27-12-20-11-24-27/h3-9,11-12H,10H2,1-2H3. The molecule has 0 saturated heterocycles. The van der Waals surface area contributed by atoms with E-state index in [0.717, 1.165) is 39.8 Å². The molecule has 5 aromatic heterocycles. The zero-order chi connectivity index (χ0) is 19.1. The number of fused-ring (bicyclic) bond motifs is 1. The van der Waals surface area contributed by atoms with Crippen LogP contribution < -0.4 is 0 Å². The van der Waals surface area contributed by atoms with Crippen molar-refractivity contribution in [3.8, 4) is 17.2 Å². The molecular formula is C19H17N9. The van der Waals surface area contributed by atoms with Gasteiger partial charge in [-0.1, -0.05) is 6.07 Å². The summed E-state index contributed by atoms with van der Waals surface area (Å²) in [5.41, 5.74) is 4.68. The monoisotopic (exact) mass is 371 g/mol. The zero-order valence-electron chi connectivity index (χ0n) is 15.4. The lowest BCUT2D eigenvalue weighted by molar-refractivity contribution is 0.765. The molecule has 0 saturated carbocycles. The molecule has 9 heteroatoms. The van der Waals surface area contributed by atoms with Crippen molar-refractivity contribution in [1.82, 2.24) is 43.9 Å². The largest absolute Gasteiger partial charge is 0.326 e. The minimum Gasteiger partial charge on any atom is -0.326 e. The molecule has 0 aromatic carbocycles. The van der Waals surface area contributed by atoms with E-state index in [2.05, 4.69) is 34.7 Å². The molecule has 138 valence electrons. The maximum atomic E-state index is 4.67. The molecule has 5 aromatic rings. The number of pyridine rings is 1. The lowest BCUT2D eigenvalue weighted by Crippen LogP contribution is -2.08. The fourth-order valence-corrected chi connectivity index (χ4v) is 3.37. The normalized spacial score (nSPS) is 11.4. The van der Waals surface area contributed by atoms with E-state index in [0.29, 0.717) is 6.54 Å². The van der Waals surface area contributed by atoms with Crippen LogP contribution in [0.4, 0.5) is 0 Å². The predicted octanol–water partition coefficient (Wildman–Crippen LogP) is 2.23. The highest BCUT2D eigenvalue weighted by atomic mass is 15.3. The number of hydrogen-bond acceptors (Lipinski definition) is 6. The van der Waals surface area contributed by atoms with E-state index >= 15 is 0 Å². The first kappa shape index (κ1) is 16.3. The SMILES string of the molecule is Cc1cc(C)n2ncc(-c3nccn3Cc3cccnc3-n3cncn3)c2n1. The van der Waals surface area contributed by atoms with E-state index < -0.39 is 0 Å². The lowest BCUT2D eigenvalue weighted by atomic mass is 10.2. The van der Waals surface area contributed by atoms with E-state index in [1.165, 1.54) is 6.33 Å². The molecule has 0 amide bonds. The number of aromatic nitrogens is 9. The molecule has 0 N–H and O–H groups in total. The van der Waals surface area contributed by atoms with Gasteiger partial charge in [-0.25, -0.2) is 29.1 Å². The van der Waals surface area contributed by atoms with Gasteiger partial charge in [0.1, 0.15) is 18.5 Å². The third-order valence-electron chi connectivity index (χ3n) is 4.58. The molecule has 9 nitrogen and oxygen atoms in total. The van der Waals surface area contributed by atoms with Gasteiger partial charge in [0.25, 0.3) is 0 Å². The van der Waals surface area contributed by atoms with E-state index in [9.17, 15) is 0 Å².